The number of amides is 1. The van der Waals surface area contributed by atoms with Crippen molar-refractivity contribution in [2.24, 2.45) is 0 Å². The van der Waals surface area contributed by atoms with E-state index in [9.17, 15) is 9.90 Å². The van der Waals surface area contributed by atoms with E-state index in [1.165, 1.54) is 0 Å². The highest BCUT2D eigenvalue weighted by atomic mass is 16.4. The van der Waals surface area contributed by atoms with Gasteiger partial charge in [-0.25, -0.2) is 0 Å². The summed E-state index contributed by atoms with van der Waals surface area (Å²) in [5.74, 6) is 6.21. The lowest BCUT2D eigenvalue weighted by molar-refractivity contribution is 0.0673. The number of hydrogen-bond donors (Lipinski definition) is 2. The van der Waals surface area contributed by atoms with Crippen LogP contribution in [0.5, 0.6) is 0 Å². The second-order valence-electron chi connectivity index (χ2n) is 6.58. The molecule has 1 unspecified atom stereocenters. The van der Waals surface area contributed by atoms with Gasteiger partial charge in [-0.15, -0.1) is 0 Å². The quantitative estimate of drug-likeness (QED) is 0.828. The van der Waals surface area contributed by atoms with Crippen LogP contribution in [0.2, 0.25) is 0 Å². The Labute approximate surface area is 140 Å². The summed E-state index contributed by atoms with van der Waals surface area (Å²) in [6.07, 6.45) is 3.71. The van der Waals surface area contributed by atoms with Crippen molar-refractivity contribution in [2.45, 2.75) is 38.2 Å². The fraction of sp³-hybridized carbons (Fsp3) is 0.444. The molecule has 6 heteroatoms. The predicted octanol–water partition coefficient (Wildman–Crippen LogP) is 2.14. The van der Waals surface area contributed by atoms with Gasteiger partial charge in [-0.3, -0.25) is 9.89 Å². The number of piperidine rings is 1. The molecule has 3 heterocycles. The maximum absolute atomic E-state index is 12.6. The number of aromatic nitrogens is 2. The zero-order valence-corrected chi connectivity index (χ0v) is 13.9. The van der Waals surface area contributed by atoms with Crippen LogP contribution < -0.4 is 0 Å². The summed E-state index contributed by atoms with van der Waals surface area (Å²) in [5, 5.41) is 16.6. The van der Waals surface area contributed by atoms with Gasteiger partial charge in [-0.2, -0.15) is 5.10 Å². The van der Waals surface area contributed by atoms with E-state index in [0.29, 0.717) is 12.3 Å². The number of likely N-dealkylation sites (tertiary alicyclic amines) is 1. The molecule has 1 aliphatic heterocycles. The predicted molar refractivity (Wildman–Crippen MR) is 88.4 cm³/mol. The van der Waals surface area contributed by atoms with Crippen LogP contribution in [0.3, 0.4) is 0 Å². The average Bonchev–Trinajstić information content (AvgIpc) is 3.23. The van der Waals surface area contributed by atoms with Crippen LogP contribution in [0.1, 0.15) is 54.6 Å². The van der Waals surface area contributed by atoms with Crippen molar-refractivity contribution in [3.8, 4) is 11.8 Å². The van der Waals surface area contributed by atoms with Gasteiger partial charge in [0.05, 0.1) is 0 Å². The highest BCUT2D eigenvalue weighted by Crippen LogP contribution is 2.26. The van der Waals surface area contributed by atoms with Crippen molar-refractivity contribution in [3.05, 3.63) is 41.6 Å². The lowest BCUT2D eigenvalue weighted by Gasteiger charge is -2.31. The number of rotatable bonds is 2. The number of carbonyl (C=O) groups excluding carboxylic acids is 1. The van der Waals surface area contributed by atoms with E-state index in [0.717, 1.165) is 25.1 Å². The third-order valence-electron chi connectivity index (χ3n) is 3.98. The van der Waals surface area contributed by atoms with Crippen LogP contribution in [-0.4, -0.2) is 44.8 Å². The standard InChI is InChI=1S/C18H21N3O3/c1-18(2,23)9-7-14-5-6-16(24-14)17(22)21-11-3-4-13(12-21)15-8-10-19-20-15/h5-6,8,10,13,23H,3-4,11-12H2,1-2H3,(H,19,20). The summed E-state index contributed by atoms with van der Waals surface area (Å²) in [7, 11) is 0. The van der Waals surface area contributed by atoms with Crippen LogP contribution in [0.25, 0.3) is 0 Å². The van der Waals surface area contributed by atoms with E-state index >= 15 is 0 Å². The summed E-state index contributed by atoms with van der Waals surface area (Å²) >= 11 is 0. The van der Waals surface area contributed by atoms with E-state index in [2.05, 4.69) is 22.0 Å². The van der Waals surface area contributed by atoms with Gasteiger partial charge < -0.3 is 14.4 Å². The molecule has 6 nitrogen and oxygen atoms in total. The molecule has 0 radical (unpaired) electrons. The van der Waals surface area contributed by atoms with Gasteiger partial charge in [0.25, 0.3) is 5.91 Å². The van der Waals surface area contributed by atoms with Crippen molar-refractivity contribution in [3.63, 3.8) is 0 Å². The minimum atomic E-state index is -1.10. The Kier molecular flexibility index (Phi) is 4.45. The largest absolute Gasteiger partial charge is 0.443 e. The number of carbonyl (C=O) groups is 1. The lowest BCUT2D eigenvalue weighted by Crippen LogP contribution is -2.39. The molecule has 0 saturated carbocycles. The highest BCUT2D eigenvalue weighted by Gasteiger charge is 2.27. The van der Waals surface area contributed by atoms with Gasteiger partial charge in [0.15, 0.2) is 11.5 Å². The monoisotopic (exact) mass is 327 g/mol. The maximum atomic E-state index is 12.6. The normalized spacial score (nSPS) is 18.1. The van der Waals surface area contributed by atoms with E-state index in [4.69, 9.17) is 4.42 Å². The Hall–Kier alpha value is -2.52. The topological polar surface area (TPSA) is 82.4 Å². The summed E-state index contributed by atoms with van der Waals surface area (Å²) in [4.78, 5) is 14.4. The first-order chi connectivity index (χ1) is 11.4. The van der Waals surface area contributed by atoms with Gasteiger partial charge in [0, 0.05) is 30.9 Å². The Balaban J connectivity index is 1.70. The molecule has 1 atom stereocenters. The Bertz CT molecular complexity index is 760. The number of H-pyrrole nitrogens is 1. The molecule has 1 saturated heterocycles. The SMILES string of the molecule is CC(C)(O)C#Cc1ccc(C(=O)N2CCCC(c3ccn[nH]3)C2)o1. The third-order valence-corrected chi connectivity index (χ3v) is 3.98. The Morgan fingerprint density at radius 1 is 1.46 bits per heavy atom. The van der Waals surface area contributed by atoms with Gasteiger partial charge in [-0.05, 0) is 50.8 Å². The number of hydrogen-bond acceptors (Lipinski definition) is 4. The average molecular weight is 327 g/mol. The molecule has 126 valence electrons. The number of nitrogens with zero attached hydrogens (tertiary/aromatic N) is 2. The van der Waals surface area contributed by atoms with Crippen molar-refractivity contribution < 1.29 is 14.3 Å². The van der Waals surface area contributed by atoms with Crippen LogP contribution in [0.4, 0.5) is 0 Å². The van der Waals surface area contributed by atoms with E-state index < -0.39 is 5.60 Å². The highest BCUT2D eigenvalue weighted by molar-refractivity contribution is 5.91. The second kappa shape index (κ2) is 6.54. The first-order valence-electron chi connectivity index (χ1n) is 8.06. The Morgan fingerprint density at radius 2 is 2.29 bits per heavy atom. The molecule has 0 bridgehead atoms. The van der Waals surface area contributed by atoms with E-state index in [-0.39, 0.29) is 17.6 Å². The maximum Gasteiger partial charge on any atom is 0.289 e. The molecule has 3 rings (SSSR count). The fourth-order valence-electron chi connectivity index (χ4n) is 2.80. The molecule has 1 aliphatic rings. The van der Waals surface area contributed by atoms with Crippen molar-refractivity contribution >= 4 is 5.91 Å². The van der Waals surface area contributed by atoms with Crippen LogP contribution >= 0.6 is 0 Å². The first-order valence-corrected chi connectivity index (χ1v) is 8.06. The lowest BCUT2D eigenvalue weighted by atomic mass is 9.95. The summed E-state index contributed by atoms with van der Waals surface area (Å²) in [5.41, 5.74) is -0.0371. The number of nitrogens with one attached hydrogen (secondary N) is 1. The number of aliphatic hydroxyl groups is 1. The minimum Gasteiger partial charge on any atom is -0.443 e. The van der Waals surface area contributed by atoms with Crippen LogP contribution in [-0.2, 0) is 0 Å². The molecule has 24 heavy (non-hydrogen) atoms. The molecule has 0 spiro atoms. The van der Waals surface area contributed by atoms with Crippen molar-refractivity contribution in [1.29, 1.82) is 0 Å². The number of furan rings is 1. The summed E-state index contributed by atoms with van der Waals surface area (Å²) in [6.45, 7) is 4.55. The molecular weight excluding hydrogens is 306 g/mol. The van der Waals surface area contributed by atoms with Crippen molar-refractivity contribution in [1.82, 2.24) is 15.1 Å². The molecule has 0 aliphatic carbocycles. The molecule has 1 fully saturated rings. The number of aromatic amines is 1. The molecule has 1 amide bonds. The zero-order chi connectivity index (χ0) is 17.2. The molecule has 2 aromatic rings. The fourth-order valence-corrected chi connectivity index (χ4v) is 2.80. The van der Waals surface area contributed by atoms with E-state index in [1.807, 2.05) is 6.07 Å². The zero-order valence-electron chi connectivity index (χ0n) is 13.9. The molecular formula is C18H21N3O3. The molecule has 2 N–H and O–H groups in total. The van der Waals surface area contributed by atoms with Gasteiger partial charge in [0.2, 0.25) is 0 Å². The molecule has 0 aromatic carbocycles. The van der Waals surface area contributed by atoms with Crippen LogP contribution in [0.15, 0.2) is 28.8 Å². The second-order valence-corrected chi connectivity index (χ2v) is 6.58. The van der Waals surface area contributed by atoms with Gasteiger partial charge in [0.1, 0.15) is 5.60 Å². The summed E-state index contributed by atoms with van der Waals surface area (Å²) < 4.78 is 5.52. The van der Waals surface area contributed by atoms with Crippen LogP contribution in [0, 0.1) is 11.8 Å². The van der Waals surface area contributed by atoms with Crippen molar-refractivity contribution in [2.75, 3.05) is 13.1 Å². The third kappa shape index (κ3) is 3.87. The van der Waals surface area contributed by atoms with E-state index in [1.54, 1.807) is 37.1 Å². The minimum absolute atomic E-state index is 0.129. The Morgan fingerprint density at radius 3 is 3.00 bits per heavy atom. The van der Waals surface area contributed by atoms with Gasteiger partial charge >= 0.3 is 0 Å². The smallest absolute Gasteiger partial charge is 0.289 e. The van der Waals surface area contributed by atoms with Gasteiger partial charge in [-0.1, -0.05) is 5.92 Å². The molecule has 2 aromatic heterocycles. The first kappa shape index (κ1) is 16.3. The summed E-state index contributed by atoms with van der Waals surface area (Å²) in [6, 6.07) is 5.24.